The molecule has 2 aromatic carbocycles. The summed E-state index contributed by atoms with van der Waals surface area (Å²) in [5, 5.41) is 42.6. The molecule has 0 saturated carbocycles. The monoisotopic (exact) mass is 588 g/mol. The molecular formula is C24H28N8O10. The summed E-state index contributed by atoms with van der Waals surface area (Å²) >= 11 is 0. The molecule has 0 aliphatic rings. The first-order chi connectivity index (χ1) is 19.6. The van der Waals surface area contributed by atoms with Crippen molar-refractivity contribution in [3.63, 3.8) is 0 Å². The van der Waals surface area contributed by atoms with Crippen molar-refractivity contribution in [2.75, 3.05) is 11.5 Å². The summed E-state index contributed by atoms with van der Waals surface area (Å²) in [6, 6.07) is 3.96. The SMILES string of the molecule is CCC(=O)C(=O)CC.CCc1nc2cc([N+](=O)[O-])c([N+](=O)[O-])cc2nc1CC.Nc1cc([N+](=O)[O-])c([N+](=O)[O-])cc1N. The van der Waals surface area contributed by atoms with E-state index in [1.54, 1.807) is 13.8 Å². The molecule has 0 radical (unpaired) electrons. The van der Waals surface area contributed by atoms with Gasteiger partial charge in [-0.1, -0.05) is 27.7 Å². The van der Waals surface area contributed by atoms with E-state index in [9.17, 15) is 50.0 Å². The number of nitro groups is 4. The fourth-order valence-corrected chi connectivity index (χ4v) is 3.31. The van der Waals surface area contributed by atoms with Crippen molar-refractivity contribution >= 4 is 56.7 Å². The lowest BCUT2D eigenvalue weighted by Gasteiger charge is -2.06. The average molecular weight is 589 g/mol. The molecule has 0 atom stereocenters. The van der Waals surface area contributed by atoms with E-state index in [2.05, 4.69) is 9.97 Å². The van der Waals surface area contributed by atoms with E-state index >= 15 is 0 Å². The third-order valence-electron chi connectivity index (χ3n) is 5.51. The standard InChI is InChI=1S/C12H12N4O4.C6H6N4O4.C6H10O2/c1-3-7-8(4-2)14-10-6-12(16(19)20)11(15(17)18)5-9(10)13-7;7-3-1-5(9(11)12)6(10(13)14)2-4(3)8;1-3-5(7)6(8)4-2/h5-6H,3-4H2,1-2H3;1-2H,7-8H2;3-4H2,1-2H3. The molecule has 224 valence electrons. The third-order valence-corrected chi connectivity index (χ3v) is 5.51. The van der Waals surface area contributed by atoms with Crippen LogP contribution in [0.5, 0.6) is 0 Å². The highest BCUT2D eigenvalue weighted by Crippen LogP contribution is 2.33. The van der Waals surface area contributed by atoms with Crippen molar-refractivity contribution in [2.24, 2.45) is 0 Å². The number of anilines is 2. The van der Waals surface area contributed by atoms with Crippen molar-refractivity contribution in [1.82, 2.24) is 9.97 Å². The minimum Gasteiger partial charge on any atom is -0.397 e. The number of nitro benzene ring substituents is 4. The Morgan fingerprint density at radius 1 is 0.595 bits per heavy atom. The number of hydrogen-bond donors (Lipinski definition) is 2. The maximum Gasteiger partial charge on any atom is 0.348 e. The molecule has 0 amide bonds. The number of ketones is 2. The number of rotatable bonds is 9. The van der Waals surface area contributed by atoms with E-state index < -0.39 is 42.4 Å². The molecule has 0 spiro atoms. The highest BCUT2D eigenvalue weighted by Gasteiger charge is 2.27. The third kappa shape index (κ3) is 8.66. The van der Waals surface area contributed by atoms with Gasteiger partial charge in [0.15, 0.2) is 11.6 Å². The van der Waals surface area contributed by atoms with Crippen LogP contribution in [0, 0.1) is 40.5 Å². The van der Waals surface area contributed by atoms with Gasteiger partial charge in [-0.2, -0.15) is 0 Å². The number of benzene rings is 2. The Hall–Kier alpha value is -5.68. The maximum atomic E-state index is 10.9. The van der Waals surface area contributed by atoms with Gasteiger partial charge in [-0.25, -0.2) is 9.97 Å². The zero-order valence-electron chi connectivity index (χ0n) is 23.1. The lowest BCUT2D eigenvalue weighted by Crippen LogP contribution is -2.09. The molecule has 0 fully saturated rings. The predicted octanol–water partition coefficient (Wildman–Crippen LogP) is 4.18. The van der Waals surface area contributed by atoms with Crippen molar-refractivity contribution in [3.05, 3.63) is 76.1 Å². The summed E-state index contributed by atoms with van der Waals surface area (Å²) in [5.74, 6) is -0.514. The summed E-state index contributed by atoms with van der Waals surface area (Å²) in [6.45, 7) is 7.20. The molecule has 0 bridgehead atoms. The molecule has 3 aromatic rings. The second-order valence-electron chi connectivity index (χ2n) is 8.21. The lowest BCUT2D eigenvalue weighted by molar-refractivity contribution is -0.422. The molecule has 0 saturated heterocycles. The first-order valence-electron chi connectivity index (χ1n) is 12.3. The molecule has 0 aliphatic carbocycles. The van der Waals surface area contributed by atoms with Crippen LogP contribution in [0.3, 0.4) is 0 Å². The van der Waals surface area contributed by atoms with Gasteiger partial charge in [-0.05, 0) is 12.8 Å². The Balaban J connectivity index is 0.000000349. The van der Waals surface area contributed by atoms with Crippen LogP contribution in [0.25, 0.3) is 11.0 Å². The Bertz CT molecular complexity index is 1440. The number of Topliss-reactive ketones (excluding diaryl/α,β-unsaturated/α-hetero) is 2. The fraction of sp³-hybridized carbons (Fsp3) is 0.333. The smallest absolute Gasteiger partial charge is 0.348 e. The van der Waals surface area contributed by atoms with E-state index in [1.807, 2.05) is 13.8 Å². The summed E-state index contributed by atoms with van der Waals surface area (Å²) in [7, 11) is 0. The maximum absolute atomic E-state index is 10.9. The zero-order valence-corrected chi connectivity index (χ0v) is 23.1. The molecule has 1 aromatic heterocycles. The van der Waals surface area contributed by atoms with Crippen LogP contribution in [0.15, 0.2) is 24.3 Å². The van der Waals surface area contributed by atoms with Crippen molar-refractivity contribution < 1.29 is 29.3 Å². The molecular weight excluding hydrogens is 560 g/mol. The van der Waals surface area contributed by atoms with Gasteiger partial charge in [0.2, 0.25) is 0 Å². The second kappa shape index (κ2) is 15.2. The highest BCUT2D eigenvalue weighted by atomic mass is 16.6. The Kier molecular flexibility index (Phi) is 12.4. The van der Waals surface area contributed by atoms with Crippen LogP contribution in [0.2, 0.25) is 0 Å². The first kappa shape index (κ1) is 34.3. The van der Waals surface area contributed by atoms with E-state index in [-0.39, 0.29) is 22.9 Å². The quantitative estimate of drug-likeness (QED) is 0.153. The molecule has 4 N–H and O–H groups in total. The largest absolute Gasteiger partial charge is 0.397 e. The van der Waals surface area contributed by atoms with Gasteiger partial charge >= 0.3 is 22.7 Å². The topological polar surface area (TPSA) is 285 Å². The minimum atomic E-state index is -0.881. The van der Waals surface area contributed by atoms with Crippen molar-refractivity contribution in [3.8, 4) is 0 Å². The number of aryl methyl sites for hydroxylation is 2. The summed E-state index contributed by atoms with van der Waals surface area (Å²) < 4.78 is 0. The van der Waals surface area contributed by atoms with Gasteiger partial charge in [0, 0.05) is 25.0 Å². The number of carbonyl (C=O) groups excluding carboxylic acids is 2. The second-order valence-corrected chi connectivity index (χ2v) is 8.21. The Labute approximate surface area is 237 Å². The van der Waals surface area contributed by atoms with Gasteiger partial charge in [0.05, 0.1) is 65.6 Å². The van der Waals surface area contributed by atoms with Crippen molar-refractivity contribution in [2.45, 2.75) is 53.4 Å². The van der Waals surface area contributed by atoms with Crippen LogP contribution in [-0.2, 0) is 22.4 Å². The van der Waals surface area contributed by atoms with E-state index in [0.717, 1.165) is 35.7 Å². The van der Waals surface area contributed by atoms with E-state index in [4.69, 9.17) is 11.5 Å². The summed E-state index contributed by atoms with van der Waals surface area (Å²) in [4.78, 5) is 68.7. The van der Waals surface area contributed by atoms with Crippen LogP contribution in [0.4, 0.5) is 34.1 Å². The number of hydrogen-bond acceptors (Lipinski definition) is 14. The van der Waals surface area contributed by atoms with Gasteiger partial charge in [0.25, 0.3) is 0 Å². The van der Waals surface area contributed by atoms with E-state index in [1.165, 1.54) is 0 Å². The molecule has 3 rings (SSSR count). The lowest BCUT2D eigenvalue weighted by atomic mass is 10.1. The molecule has 18 nitrogen and oxygen atoms in total. The van der Waals surface area contributed by atoms with Gasteiger partial charge < -0.3 is 11.5 Å². The Morgan fingerprint density at radius 3 is 1.07 bits per heavy atom. The summed E-state index contributed by atoms with van der Waals surface area (Å²) in [5.41, 5.74) is 10.1. The first-order valence-corrected chi connectivity index (χ1v) is 12.3. The van der Waals surface area contributed by atoms with Crippen LogP contribution < -0.4 is 11.5 Å². The van der Waals surface area contributed by atoms with Gasteiger partial charge in [0.1, 0.15) is 0 Å². The Morgan fingerprint density at radius 2 is 0.857 bits per heavy atom. The predicted molar refractivity (Wildman–Crippen MR) is 151 cm³/mol. The van der Waals surface area contributed by atoms with Crippen LogP contribution in [0.1, 0.15) is 51.9 Å². The number of carbonyl (C=O) groups is 2. The van der Waals surface area contributed by atoms with Crippen molar-refractivity contribution in [1.29, 1.82) is 0 Å². The zero-order chi connectivity index (χ0) is 32.3. The minimum absolute atomic E-state index is 0.0534. The molecule has 0 aliphatic heterocycles. The number of aromatic nitrogens is 2. The number of nitrogen functional groups attached to an aromatic ring is 2. The van der Waals surface area contributed by atoms with Crippen LogP contribution >= 0.6 is 0 Å². The number of nitrogens with two attached hydrogens (primary N) is 2. The highest BCUT2D eigenvalue weighted by molar-refractivity contribution is 6.36. The van der Waals surface area contributed by atoms with E-state index in [0.29, 0.717) is 36.7 Å². The molecule has 42 heavy (non-hydrogen) atoms. The fourth-order valence-electron chi connectivity index (χ4n) is 3.31. The van der Waals surface area contributed by atoms with Gasteiger partial charge in [-0.3, -0.25) is 50.0 Å². The van der Waals surface area contributed by atoms with Crippen LogP contribution in [-0.4, -0.2) is 41.2 Å². The summed E-state index contributed by atoms with van der Waals surface area (Å²) in [6.07, 6.45) is 1.98. The number of nitrogens with zero attached hydrogens (tertiary/aromatic N) is 6. The normalized spacial score (nSPS) is 10.0. The molecule has 1 heterocycles. The number of fused-ring (bicyclic) bond motifs is 1. The van der Waals surface area contributed by atoms with Gasteiger partial charge in [-0.15, -0.1) is 0 Å². The average Bonchev–Trinajstić information content (AvgIpc) is 2.96. The molecule has 0 unspecified atom stereocenters. The molecule has 18 heteroatoms.